The zero-order valence-corrected chi connectivity index (χ0v) is 8.96. The third-order valence-electron chi connectivity index (χ3n) is 3.55. The molecule has 14 heavy (non-hydrogen) atoms. The number of carbonyl (C=O) groups excluding carboxylic acids is 1. The second-order valence-electron chi connectivity index (χ2n) is 4.62. The van der Waals surface area contributed by atoms with Gasteiger partial charge in [-0.3, -0.25) is 10.1 Å². The summed E-state index contributed by atoms with van der Waals surface area (Å²) in [4.78, 5) is 13.5. The fraction of sp³-hybridized carbons (Fsp3) is 0.909. The van der Waals surface area contributed by atoms with E-state index in [-0.39, 0.29) is 11.9 Å². The minimum atomic E-state index is 0.0404. The largest absolute Gasteiger partial charge is 0.329 e. The van der Waals surface area contributed by atoms with Crippen LogP contribution in [-0.2, 0) is 4.79 Å². The molecule has 2 rings (SSSR count). The van der Waals surface area contributed by atoms with Crippen molar-refractivity contribution >= 4 is 5.91 Å². The molecule has 2 aliphatic rings. The zero-order valence-electron chi connectivity index (χ0n) is 8.96. The summed E-state index contributed by atoms with van der Waals surface area (Å²) in [6.45, 7) is 3.66. The predicted molar refractivity (Wildman–Crippen MR) is 55.8 cm³/mol. The van der Waals surface area contributed by atoms with E-state index in [1.54, 1.807) is 0 Å². The quantitative estimate of drug-likeness (QED) is 0.739. The third-order valence-corrected chi connectivity index (χ3v) is 3.55. The van der Waals surface area contributed by atoms with Crippen LogP contribution in [0.15, 0.2) is 0 Å². The molecule has 3 nitrogen and oxygen atoms in total. The fourth-order valence-corrected chi connectivity index (χ4v) is 2.51. The van der Waals surface area contributed by atoms with Gasteiger partial charge in [0.15, 0.2) is 0 Å². The van der Waals surface area contributed by atoms with E-state index in [9.17, 15) is 4.79 Å². The summed E-state index contributed by atoms with van der Waals surface area (Å²) >= 11 is 0. The van der Waals surface area contributed by atoms with Gasteiger partial charge in [0, 0.05) is 6.54 Å². The van der Waals surface area contributed by atoms with Crippen LogP contribution in [0.5, 0.6) is 0 Å². The summed E-state index contributed by atoms with van der Waals surface area (Å²) in [6, 6.07) is 0.0404. The topological polar surface area (TPSA) is 32.3 Å². The molecule has 0 bridgehead atoms. The molecule has 0 aromatic heterocycles. The lowest BCUT2D eigenvalue weighted by Gasteiger charge is -2.17. The lowest BCUT2D eigenvalue weighted by molar-refractivity contribution is -0.128. The molecule has 0 spiro atoms. The van der Waals surface area contributed by atoms with Gasteiger partial charge in [-0.1, -0.05) is 25.7 Å². The Morgan fingerprint density at radius 2 is 2.14 bits per heavy atom. The Morgan fingerprint density at radius 3 is 2.71 bits per heavy atom. The second-order valence-corrected chi connectivity index (χ2v) is 4.62. The number of carbonyl (C=O) groups is 1. The van der Waals surface area contributed by atoms with E-state index in [4.69, 9.17) is 0 Å². The third kappa shape index (κ3) is 2.08. The normalized spacial score (nSPS) is 29.1. The maximum atomic E-state index is 11.6. The summed E-state index contributed by atoms with van der Waals surface area (Å²) in [6.07, 6.45) is 6.76. The average molecular weight is 196 g/mol. The Balaban J connectivity index is 1.72. The maximum absolute atomic E-state index is 11.6. The van der Waals surface area contributed by atoms with E-state index in [0.717, 1.165) is 19.1 Å². The van der Waals surface area contributed by atoms with Gasteiger partial charge in [0.2, 0.25) is 5.91 Å². The highest BCUT2D eigenvalue weighted by molar-refractivity contribution is 5.83. The van der Waals surface area contributed by atoms with Crippen LogP contribution in [0.25, 0.3) is 0 Å². The first-order valence-electron chi connectivity index (χ1n) is 5.79. The molecule has 0 radical (unpaired) electrons. The van der Waals surface area contributed by atoms with Gasteiger partial charge in [-0.15, -0.1) is 0 Å². The number of nitrogens with one attached hydrogen (secondary N) is 1. The van der Waals surface area contributed by atoms with Gasteiger partial charge < -0.3 is 4.90 Å². The highest BCUT2D eigenvalue weighted by atomic mass is 16.2. The van der Waals surface area contributed by atoms with E-state index in [1.807, 2.05) is 11.8 Å². The Morgan fingerprint density at radius 1 is 1.43 bits per heavy atom. The van der Waals surface area contributed by atoms with Gasteiger partial charge in [-0.25, -0.2) is 0 Å². The van der Waals surface area contributed by atoms with Gasteiger partial charge in [0.05, 0.1) is 12.7 Å². The highest BCUT2D eigenvalue weighted by Crippen LogP contribution is 2.27. The summed E-state index contributed by atoms with van der Waals surface area (Å²) < 4.78 is 0. The standard InChI is InChI=1S/C11H20N2O/c1-9-11(14)13(8-12-9)7-6-10-4-2-3-5-10/h9-10,12H,2-8H2,1H3. The van der Waals surface area contributed by atoms with Gasteiger partial charge in [-0.2, -0.15) is 0 Å². The Bertz CT molecular complexity index is 211. The molecule has 1 saturated heterocycles. The summed E-state index contributed by atoms with van der Waals surface area (Å²) in [7, 11) is 0. The van der Waals surface area contributed by atoms with Crippen molar-refractivity contribution in [1.29, 1.82) is 0 Å². The molecule has 1 atom stereocenters. The molecule has 2 fully saturated rings. The van der Waals surface area contributed by atoms with Crippen molar-refractivity contribution in [2.45, 2.75) is 45.1 Å². The number of nitrogens with zero attached hydrogens (tertiary/aromatic N) is 1. The monoisotopic (exact) mass is 196 g/mol. The van der Waals surface area contributed by atoms with Crippen molar-refractivity contribution < 1.29 is 4.79 Å². The van der Waals surface area contributed by atoms with E-state index in [2.05, 4.69) is 5.32 Å². The van der Waals surface area contributed by atoms with Crippen molar-refractivity contribution in [3.05, 3.63) is 0 Å². The van der Waals surface area contributed by atoms with Gasteiger partial charge >= 0.3 is 0 Å². The lowest BCUT2D eigenvalue weighted by atomic mass is 10.0. The smallest absolute Gasteiger partial charge is 0.240 e. The molecule has 1 heterocycles. The molecule has 1 N–H and O–H groups in total. The zero-order chi connectivity index (χ0) is 9.97. The molecule has 3 heteroatoms. The van der Waals surface area contributed by atoms with Crippen molar-refractivity contribution in [3.63, 3.8) is 0 Å². The van der Waals surface area contributed by atoms with Crippen molar-refractivity contribution in [2.24, 2.45) is 5.92 Å². The van der Waals surface area contributed by atoms with E-state index in [1.165, 1.54) is 32.1 Å². The van der Waals surface area contributed by atoms with E-state index >= 15 is 0 Å². The molecule has 0 aromatic carbocycles. The van der Waals surface area contributed by atoms with Crippen LogP contribution in [0.3, 0.4) is 0 Å². The summed E-state index contributed by atoms with van der Waals surface area (Å²) in [5.74, 6) is 1.17. The Kier molecular flexibility index (Phi) is 3.06. The first-order chi connectivity index (χ1) is 6.77. The van der Waals surface area contributed by atoms with Gasteiger partial charge in [-0.05, 0) is 19.3 Å². The van der Waals surface area contributed by atoms with Crippen LogP contribution >= 0.6 is 0 Å². The molecule has 1 aliphatic heterocycles. The first-order valence-corrected chi connectivity index (χ1v) is 5.79. The predicted octanol–water partition coefficient (Wildman–Crippen LogP) is 1.34. The minimum absolute atomic E-state index is 0.0404. The van der Waals surface area contributed by atoms with E-state index < -0.39 is 0 Å². The molecule has 1 unspecified atom stereocenters. The fourth-order valence-electron chi connectivity index (χ4n) is 2.51. The molecular weight excluding hydrogens is 176 g/mol. The van der Waals surface area contributed by atoms with Crippen molar-refractivity contribution in [3.8, 4) is 0 Å². The Labute approximate surface area is 85.8 Å². The van der Waals surface area contributed by atoms with Crippen LogP contribution in [-0.4, -0.2) is 30.1 Å². The molecule has 1 saturated carbocycles. The molecule has 1 amide bonds. The molecule has 1 aliphatic carbocycles. The lowest BCUT2D eigenvalue weighted by Crippen LogP contribution is -2.30. The maximum Gasteiger partial charge on any atom is 0.240 e. The number of hydrogen-bond acceptors (Lipinski definition) is 2. The van der Waals surface area contributed by atoms with Crippen LogP contribution in [0, 0.1) is 5.92 Å². The molecule has 0 aromatic rings. The van der Waals surface area contributed by atoms with Gasteiger partial charge in [0.25, 0.3) is 0 Å². The SMILES string of the molecule is CC1NCN(CCC2CCCC2)C1=O. The number of hydrogen-bond donors (Lipinski definition) is 1. The Hall–Kier alpha value is -0.570. The van der Waals surface area contributed by atoms with E-state index in [0.29, 0.717) is 0 Å². The average Bonchev–Trinajstić information content (AvgIpc) is 2.77. The molecular formula is C11H20N2O. The van der Waals surface area contributed by atoms with Crippen LogP contribution < -0.4 is 5.32 Å². The van der Waals surface area contributed by atoms with Gasteiger partial charge in [0.1, 0.15) is 0 Å². The van der Waals surface area contributed by atoms with Crippen molar-refractivity contribution in [2.75, 3.05) is 13.2 Å². The summed E-state index contributed by atoms with van der Waals surface area (Å²) in [5, 5.41) is 3.17. The van der Waals surface area contributed by atoms with Crippen LogP contribution in [0.2, 0.25) is 0 Å². The van der Waals surface area contributed by atoms with Crippen LogP contribution in [0.4, 0.5) is 0 Å². The minimum Gasteiger partial charge on any atom is -0.329 e. The number of amides is 1. The van der Waals surface area contributed by atoms with Crippen LogP contribution in [0.1, 0.15) is 39.0 Å². The number of rotatable bonds is 3. The second kappa shape index (κ2) is 4.30. The summed E-state index contributed by atoms with van der Waals surface area (Å²) in [5.41, 5.74) is 0. The van der Waals surface area contributed by atoms with Crippen molar-refractivity contribution in [1.82, 2.24) is 10.2 Å². The first kappa shape index (κ1) is 9.97. The highest BCUT2D eigenvalue weighted by Gasteiger charge is 2.27. The molecule has 80 valence electrons.